The van der Waals surface area contributed by atoms with Crippen LogP contribution in [-0.2, 0) is 0 Å². The summed E-state index contributed by atoms with van der Waals surface area (Å²) in [6.07, 6.45) is 0. The van der Waals surface area contributed by atoms with Gasteiger partial charge in [-0.15, -0.1) is 0 Å². The van der Waals surface area contributed by atoms with Crippen LogP contribution >= 0.6 is 0 Å². The Bertz CT molecular complexity index is 1160. The van der Waals surface area contributed by atoms with E-state index in [-0.39, 0.29) is 17.2 Å². The molecule has 136 valence electrons. The Hall–Kier alpha value is -3.60. The summed E-state index contributed by atoms with van der Waals surface area (Å²) in [6, 6.07) is 15.3. The van der Waals surface area contributed by atoms with E-state index in [1.54, 1.807) is 49.6 Å². The molecule has 5 nitrogen and oxygen atoms in total. The Labute approximate surface area is 155 Å². The van der Waals surface area contributed by atoms with Crippen LogP contribution in [0, 0.1) is 0 Å². The van der Waals surface area contributed by atoms with Crippen molar-refractivity contribution in [3.63, 3.8) is 0 Å². The Balaban J connectivity index is 2.17. The summed E-state index contributed by atoms with van der Waals surface area (Å²) in [5.74, 6) is 1.19. The molecule has 0 atom stereocenters. The van der Waals surface area contributed by atoms with Gasteiger partial charge in [0.15, 0.2) is 11.5 Å². The molecule has 0 aliphatic rings. The lowest BCUT2D eigenvalue weighted by atomic mass is 9.92. The summed E-state index contributed by atoms with van der Waals surface area (Å²) in [4.78, 5) is 0. The highest BCUT2D eigenvalue weighted by Crippen LogP contribution is 2.47. The molecule has 0 aliphatic carbocycles. The van der Waals surface area contributed by atoms with E-state index in [9.17, 15) is 15.3 Å². The molecule has 5 heteroatoms. The first-order valence-corrected chi connectivity index (χ1v) is 8.37. The van der Waals surface area contributed by atoms with Crippen LogP contribution in [0.4, 0.5) is 0 Å². The van der Waals surface area contributed by atoms with Gasteiger partial charge in [-0.2, -0.15) is 0 Å². The van der Waals surface area contributed by atoms with Crippen LogP contribution in [-0.4, -0.2) is 29.5 Å². The minimum Gasteiger partial charge on any atom is -0.508 e. The Morgan fingerprint density at radius 3 is 2.00 bits per heavy atom. The summed E-state index contributed by atoms with van der Waals surface area (Å²) in [5.41, 5.74) is 1.41. The normalized spacial score (nSPS) is 11.0. The summed E-state index contributed by atoms with van der Waals surface area (Å²) in [6.45, 7) is 0. The molecule has 0 bridgehead atoms. The standard InChI is InChI=1S/C22H18O5/c1-26-19-11-18(25)20(12-3-5-13(23)6-4-12)16-8-7-15-14(21(16)19)9-10-17(24)22(15)27-2/h3-11,23-25H,1-2H3. The summed E-state index contributed by atoms with van der Waals surface area (Å²) < 4.78 is 10.9. The van der Waals surface area contributed by atoms with Crippen molar-refractivity contribution in [1.82, 2.24) is 0 Å². The molecular formula is C22H18O5. The fourth-order valence-corrected chi connectivity index (χ4v) is 3.55. The van der Waals surface area contributed by atoms with E-state index in [4.69, 9.17) is 9.47 Å². The van der Waals surface area contributed by atoms with Gasteiger partial charge in [0.05, 0.1) is 14.2 Å². The summed E-state index contributed by atoms with van der Waals surface area (Å²) in [7, 11) is 3.06. The summed E-state index contributed by atoms with van der Waals surface area (Å²) in [5, 5.41) is 33.5. The zero-order chi connectivity index (χ0) is 19.1. The van der Waals surface area contributed by atoms with E-state index >= 15 is 0 Å². The number of fused-ring (bicyclic) bond motifs is 3. The first-order chi connectivity index (χ1) is 13.0. The van der Waals surface area contributed by atoms with Crippen LogP contribution in [0.5, 0.6) is 28.7 Å². The topological polar surface area (TPSA) is 79.2 Å². The molecule has 3 N–H and O–H groups in total. The third-order valence-corrected chi connectivity index (χ3v) is 4.75. The second kappa shape index (κ2) is 6.29. The number of rotatable bonds is 3. The predicted molar refractivity (Wildman–Crippen MR) is 105 cm³/mol. The lowest BCUT2D eigenvalue weighted by Gasteiger charge is -2.16. The molecule has 0 aliphatic heterocycles. The summed E-state index contributed by atoms with van der Waals surface area (Å²) >= 11 is 0. The second-order valence-electron chi connectivity index (χ2n) is 6.22. The Kier molecular flexibility index (Phi) is 3.92. The Morgan fingerprint density at radius 1 is 0.667 bits per heavy atom. The minimum atomic E-state index is 0.0563. The zero-order valence-electron chi connectivity index (χ0n) is 14.9. The van der Waals surface area contributed by atoms with Crippen LogP contribution in [0.25, 0.3) is 32.7 Å². The van der Waals surface area contributed by atoms with E-state index in [2.05, 4.69) is 0 Å². The third-order valence-electron chi connectivity index (χ3n) is 4.75. The van der Waals surface area contributed by atoms with Gasteiger partial charge in [-0.3, -0.25) is 0 Å². The van der Waals surface area contributed by atoms with Crippen molar-refractivity contribution < 1.29 is 24.8 Å². The van der Waals surface area contributed by atoms with Gasteiger partial charge in [-0.1, -0.05) is 18.2 Å². The molecule has 4 aromatic carbocycles. The van der Waals surface area contributed by atoms with Crippen LogP contribution in [0.15, 0.2) is 54.6 Å². The molecule has 0 heterocycles. The lowest BCUT2D eigenvalue weighted by Crippen LogP contribution is -1.92. The Morgan fingerprint density at radius 2 is 1.33 bits per heavy atom. The zero-order valence-corrected chi connectivity index (χ0v) is 14.9. The molecule has 0 spiro atoms. The largest absolute Gasteiger partial charge is 0.508 e. The lowest BCUT2D eigenvalue weighted by molar-refractivity contribution is 0.378. The molecule has 0 saturated carbocycles. The molecule has 0 radical (unpaired) electrons. The van der Waals surface area contributed by atoms with E-state index in [0.29, 0.717) is 17.1 Å². The number of hydrogen-bond acceptors (Lipinski definition) is 5. The van der Waals surface area contributed by atoms with Crippen LogP contribution in [0.1, 0.15) is 0 Å². The maximum atomic E-state index is 10.7. The molecular weight excluding hydrogens is 344 g/mol. The first-order valence-electron chi connectivity index (χ1n) is 8.37. The van der Waals surface area contributed by atoms with Crippen molar-refractivity contribution in [1.29, 1.82) is 0 Å². The van der Waals surface area contributed by atoms with Gasteiger partial charge >= 0.3 is 0 Å². The quantitative estimate of drug-likeness (QED) is 0.457. The number of benzene rings is 4. The molecule has 0 saturated heterocycles. The first kappa shape index (κ1) is 16.8. The van der Waals surface area contributed by atoms with Gasteiger partial charge in [0, 0.05) is 22.4 Å². The van der Waals surface area contributed by atoms with Crippen molar-refractivity contribution in [2.45, 2.75) is 0 Å². The van der Waals surface area contributed by atoms with Gasteiger partial charge < -0.3 is 24.8 Å². The number of phenolic OH excluding ortho intramolecular Hbond substituents is 3. The average Bonchev–Trinajstić information content (AvgIpc) is 2.67. The highest BCUT2D eigenvalue weighted by atomic mass is 16.5. The van der Waals surface area contributed by atoms with Gasteiger partial charge in [0.25, 0.3) is 0 Å². The monoisotopic (exact) mass is 362 g/mol. The highest BCUT2D eigenvalue weighted by Gasteiger charge is 2.18. The second-order valence-corrected chi connectivity index (χ2v) is 6.22. The van der Waals surface area contributed by atoms with Gasteiger partial charge in [-0.25, -0.2) is 0 Å². The van der Waals surface area contributed by atoms with Crippen molar-refractivity contribution in [3.8, 4) is 39.9 Å². The smallest absolute Gasteiger partial charge is 0.168 e. The minimum absolute atomic E-state index is 0.0563. The molecule has 0 fully saturated rings. The maximum absolute atomic E-state index is 10.7. The van der Waals surface area contributed by atoms with Crippen molar-refractivity contribution in [2.75, 3.05) is 14.2 Å². The maximum Gasteiger partial charge on any atom is 0.168 e. The third kappa shape index (κ3) is 2.56. The predicted octanol–water partition coefficient (Wildman–Crippen LogP) is 4.79. The average molecular weight is 362 g/mol. The van der Waals surface area contributed by atoms with Crippen LogP contribution in [0.2, 0.25) is 0 Å². The number of hydrogen-bond donors (Lipinski definition) is 3. The van der Waals surface area contributed by atoms with Gasteiger partial charge in [-0.05, 0) is 46.7 Å². The number of phenols is 3. The van der Waals surface area contributed by atoms with Crippen LogP contribution in [0.3, 0.4) is 0 Å². The van der Waals surface area contributed by atoms with Crippen LogP contribution < -0.4 is 9.47 Å². The fourth-order valence-electron chi connectivity index (χ4n) is 3.55. The SMILES string of the molecule is COc1c(O)ccc2c1ccc1c(-c3ccc(O)cc3)c(O)cc(OC)c12. The van der Waals surface area contributed by atoms with E-state index in [1.807, 2.05) is 12.1 Å². The van der Waals surface area contributed by atoms with Crippen molar-refractivity contribution >= 4 is 21.5 Å². The molecule has 4 aromatic rings. The molecule has 0 aromatic heterocycles. The van der Waals surface area contributed by atoms with Gasteiger partial charge in [0.1, 0.15) is 17.2 Å². The molecule has 27 heavy (non-hydrogen) atoms. The molecule has 0 amide bonds. The van der Waals surface area contributed by atoms with E-state index in [1.165, 1.54) is 7.11 Å². The number of aromatic hydroxyl groups is 3. The molecule has 0 unspecified atom stereocenters. The number of methoxy groups -OCH3 is 2. The highest BCUT2D eigenvalue weighted by molar-refractivity contribution is 6.17. The van der Waals surface area contributed by atoms with E-state index in [0.717, 1.165) is 27.1 Å². The van der Waals surface area contributed by atoms with Crippen molar-refractivity contribution in [3.05, 3.63) is 54.6 Å². The van der Waals surface area contributed by atoms with Crippen molar-refractivity contribution in [2.24, 2.45) is 0 Å². The number of ether oxygens (including phenoxy) is 2. The van der Waals surface area contributed by atoms with E-state index < -0.39 is 0 Å². The fraction of sp³-hybridized carbons (Fsp3) is 0.0909. The molecule has 4 rings (SSSR count). The van der Waals surface area contributed by atoms with Gasteiger partial charge in [0.2, 0.25) is 0 Å².